The quantitative estimate of drug-likeness (QED) is 0.685. The number of aromatic nitrogens is 2. The summed E-state index contributed by atoms with van der Waals surface area (Å²) in [5.74, 6) is 0.313. The standard InChI is InChI=1S/C10H13N5O2/c11-4-7-5-13-15(1-2-16)10(7)14-6-8(12)3-9(14)17/h5,8,16H,1-3,6,12H2. The topological polar surface area (TPSA) is 108 Å². The smallest absolute Gasteiger partial charge is 0.229 e. The molecule has 1 unspecified atom stereocenters. The Bertz CT molecular complexity index is 476. The molecule has 0 aromatic carbocycles. The number of carbonyl (C=O) groups excluding carboxylic acids is 1. The number of hydrogen-bond donors (Lipinski definition) is 2. The molecule has 0 spiro atoms. The number of aliphatic hydroxyl groups excluding tert-OH is 1. The van der Waals surface area contributed by atoms with Crippen LogP contribution in [0.25, 0.3) is 0 Å². The number of nitrogens with zero attached hydrogens (tertiary/aromatic N) is 4. The van der Waals surface area contributed by atoms with E-state index in [2.05, 4.69) is 5.10 Å². The first-order valence-corrected chi connectivity index (χ1v) is 5.30. The van der Waals surface area contributed by atoms with Gasteiger partial charge in [0.15, 0.2) is 5.82 Å². The zero-order chi connectivity index (χ0) is 12.4. The lowest BCUT2D eigenvalue weighted by molar-refractivity contribution is -0.117. The van der Waals surface area contributed by atoms with Gasteiger partial charge in [0.1, 0.15) is 11.6 Å². The van der Waals surface area contributed by atoms with Gasteiger partial charge in [-0.05, 0) is 0 Å². The molecule has 0 saturated carbocycles. The molecule has 0 bridgehead atoms. The third-order valence-electron chi connectivity index (χ3n) is 2.65. The molecular weight excluding hydrogens is 222 g/mol. The average molecular weight is 235 g/mol. The summed E-state index contributed by atoms with van der Waals surface area (Å²) in [6.45, 7) is 0.522. The van der Waals surface area contributed by atoms with Crippen molar-refractivity contribution >= 4 is 11.7 Å². The van der Waals surface area contributed by atoms with E-state index in [-0.39, 0.29) is 31.5 Å². The summed E-state index contributed by atoms with van der Waals surface area (Å²) >= 11 is 0. The maximum absolute atomic E-state index is 11.7. The van der Waals surface area contributed by atoms with Gasteiger partial charge >= 0.3 is 0 Å². The lowest BCUT2D eigenvalue weighted by atomic mass is 10.3. The van der Waals surface area contributed by atoms with Crippen molar-refractivity contribution in [3.8, 4) is 6.07 Å². The predicted molar refractivity (Wildman–Crippen MR) is 59.0 cm³/mol. The molecular formula is C10H13N5O2. The Morgan fingerprint density at radius 1 is 1.71 bits per heavy atom. The third-order valence-corrected chi connectivity index (χ3v) is 2.65. The van der Waals surface area contributed by atoms with E-state index in [0.717, 1.165) is 0 Å². The van der Waals surface area contributed by atoms with Crippen molar-refractivity contribution in [3.05, 3.63) is 11.8 Å². The van der Waals surface area contributed by atoms with Gasteiger partial charge in [-0.15, -0.1) is 0 Å². The van der Waals surface area contributed by atoms with Crippen molar-refractivity contribution in [2.45, 2.75) is 19.0 Å². The number of anilines is 1. The van der Waals surface area contributed by atoms with Gasteiger partial charge in [-0.25, -0.2) is 4.68 Å². The summed E-state index contributed by atoms with van der Waals surface area (Å²) in [6, 6.07) is 1.77. The number of rotatable bonds is 3. The molecule has 1 aromatic heterocycles. The zero-order valence-electron chi connectivity index (χ0n) is 9.20. The highest BCUT2D eigenvalue weighted by Gasteiger charge is 2.32. The molecule has 0 aliphatic carbocycles. The summed E-state index contributed by atoms with van der Waals surface area (Å²) in [4.78, 5) is 13.2. The molecule has 1 amide bonds. The first-order chi connectivity index (χ1) is 8.17. The highest BCUT2D eigenvalue weighted by molar-refractivity contribution is 5.96. The Labute approximate surface area is 98.0 Å². The molecule has 7 nitrogen and oxygen atoms in total. The molecule has 90 valence electrons. The van der Waals surface area contributed by atoms with Crippen LogP contribution < -0.4 is 10.6 Å². The maximum atomic E-state index is 11.7. The lowest BCUT2D eigenvalue weighted by Gasteiger charge is -2.17. The molecule has 1 fully saturated rings. The lowest BCUT2D eigenvalue weighted by Crippen LogP contribution is -2.30. The molecule has 1 saturated heterocycles. The van der Waals surface area contributed by atoms with Gasteiger partial charge in [0.2, 0.25) is 5.91 Å². The van der Waals surface area contributed by atoms with E-state index in [9.17, 15) is 4.79 Å². The van der Waals surface area contributed by atoms with Gasteiger partial charge in [-0.1, -0.05) is 0 Å². The van der Waals surface area contributed by atoms with Crippen molar-refractivity contribution in [2.24, 2.45) is 5.73 Å². The molecule has 1 aromatic rings. The van der Waals surface area contributed by atoms with Crippen LogP contribution in [0.3, 0.4) is 0 Å². The second-order valence-corrected chi connectivity index (χ2v) is 3.91. The Hall–Kier alpha value is -1.91. The van der Waals surface area contributed by atoms with Crippen LogP contribution in [0.2, 0.25) is 0 Å². The van der Waals surface area contributed by atoms with Crippen LogP contribution in [0.1, 0.15) is 12.0 Å². The molecule has 3 N–H and O–H groups in total. The van der Waals surface area contributed by atoms with Crippen LogP contribution in [0.5, 0.6) is 0 Å². The van der Waals surface area contributed by atoms with Crippen LogP contribution in [-0.4, -0.2) is 40.0 Å². The molecule has 17 heavy (non-hydrogen) atoms. The van der Waals surface area contributed by atoms with Gasteiger partial charge in [-0.2, -0.15) is 10.4 Å². The summed E-state index contributed by atoms with van der Waals surface area (Å²) in [5.41, 5.74) is 6.03. The fraction of sp³-hybridized carbons (Fsp3) is 0.500. The molecule has 1 aliphatic heterocycles. The monoisotopic (exact) mass is 235 g/mol. The minimum absolute atomic E-state index is 0.104. The number of hydrogen-bond acceptors (Lipinski definition) is 5. The van der Waals surface area contributed by atoms with Crippen LogP contribution in [0.15, 0.2) is 6.20 Å². The van der Waals surface area contributed by atoms with Crippen LogP contribution in [-0.2, 0) is 11.3 Å². The molecule has 7 heteroatoms. The third kappa shape index (κ3) is 2.00. The average Bonchev–Trinajstić information content (AvgIpc) is 2.82. The molecule has 2 heterocycles. The summed E-state index contributed by atoms with van der Waals surface area (Å²) in [7, 11) is 0. The Balaban J connectivity index is 2.39. The first-order valence-electron chi connectivity index (χ1n) is 5.30. The Kier molecular flexibility index (Phi) is 3.08. The fourth-order valence-electron chi connectivity index (χ4n) is 1.94. The number of nitrogens with two attached hydrogens (primary N) is 1. The van der Waals surface area contributed by atoms with Crippen molar-refractivity contribution < 1.29 is 9.90 Å². The Morgan fingerprint density at radius 2 is 2.47 bits per heavy atom. The van der Waals surface area contributed by atoms with E-state index < -0.39 is 0 Å². The van der Waals surface area contributed by atoms with E-state index in [4.69, 9.17) is 16.1 Å². The number of amides is 1. The van der Waals surface area contributed by atoms with E-state index in [1.54, 1.807) is 0 Å². The largest absolute Gasteiger partial charge is 0.394 e. The van der Waals surface area contributed by atoms with Gasteiger partial charge in [0.25, 0.3) is 0 Å². The Morgan fingerprint density at radius 3 is 3.00 bits per heavy atom. The van der Waals surface area contributed by atoms with Crippen molar-refractivity contribution in [1.82, 2.24) is 9.78 Å². The van der Waals surface area contributed by atoms with Crippen LogP contribution >= 0.6 is 0 Å². The molecule has 1 atom stereocenters. The van der Waals surface area contributed by atoms with Crippen molar-refractivity contribution in [3.63, 3.8) is 0 Å². The molecule has 0 radical (unpaired) electrons. The molecule has 1 aliphatic rings. The molecule has 2 rings (SSSR count). The highest BCUT2D eigenvalue weighted by Crippen LogP contribution is 2.24. The van der Waals surface area contributed by atoms with Gasteiger partial charge in [-0.3, -0.25) is 9.69 Å². The summed E-state index contributed by atoms with van der Waals surface area (Å²) < 4.78 is 1.45. The van der Waals surface area contributed by atoms with Gasteiger partial charge in [0.05, 0.1) is 19.3 Å². The SMILES string of the molecule is N#Cc1cnn(CCO)c1N1CC(N)CC1=O. The fourth-order valence-corrected chi connectivity index (χ4v) is 1.94. The van der Waals surface area contributed by atoms with Gasteiger partial charge < -0.3 is 10.8 Å². The minimum atomic E-state index is -0.216. The number of carbonyl (C=O) groups is 1. The van der Waals surface area contributed by atoms with E-state index in [1.807, 2.05) is 6.07 Å². The normalized spacial score (nSPS) is 19.7. The minimum Gasteiger partial charge on any atom is -0.394 e. The number of nitriles is 1. The number of aliphatic hydroxyl groups is 1. The van der Waals surface area contributed by atoms with Crippen LogP contribution in [0.4, 0.5) is 5.82 Å². The van der Waals surface area contributed by atoms with E-state index >= 15 is 0 Å². The zero-order valence-corrected chi connectivity index (χ0v) is 9.20. The summed E-state index contributed by atoms with van der Waals surface area (Å²) in [5, 5.41) is 21.9. The second-order valence-electron chi connectivity index (χ2n) is 3.91. The van der Waals surface area contributed by atoms with E-state index in [1.165, 1.54) is 15.8 Å². The highest BCUT2D eigenvalue weighted by atomic mass is 16.3. The summed E-state index contributed by atoms with van der Waals surface area (Å²) in [6.07, 6.45) is 1.66. The van der Waals surface area contributed by atoms with Crippen LogP contribution in [0, 0.1) is 11.3 Å². The van der Waals surface area contributed by atoms with Gasteiger partial charge in [0, 0.05) is 19.0 Å². The van der Waals surface area contributed by atoms with Crippen molar-refractivity contribution in [2.75, 3.05) is 18.1 Å². The maximum Gasteiger partial charge on any atom is 0.229 e. The van der Waals surface area contributed by atoms with E-state index in [0.29, 0.717) is 17.9 Å². The van der Waals surface area contributed by atoms with Crippen molar-refractivity contribution in [1.29, 1.82) is 5.26 Å². The first kappa shape index (κ1) is 11.6. The second kappa shape index (κ2) is 4.53. The predicted octanol–water partition coefficient (Wildman–Crippen LogP) is -1.19.